The molecule has 0 amide bonds. The van der Waals surface area contributed by atoms with Gasteiger partial charge in [0.05, 0.1) is 0 Å². The summed E-state index contributed by atoms with van der Waals surface area (Å²) in [5.74, 6) is 1.94. The zero-order valence-electron chi connectivity index (χ0n) is 13.9. The van der Waals surface area contributed by atoms with Gasteiger partial charge in [-0.25, -0.2) is 0 Å². The molecule has 120 valence electrons. The molecular weight excluding hydrogens is 260 g/mol. The minimum absolute atomic E-state index is 0.655. The van der Waals surface area contributed by atoms with Crippen molar-refractivity contribution in [3.05, 3.63) is 0 Å². The summed E-state index contributed by atoms with van der Waals surface area (Å²) >= 11 is 0. The molecular formula is C17H32N4. The molecule has 4 nitrogen and oxygen atoms in total. The molecule has 2 aliphatic heterocycles. The van der Waals surface area contributed by atoms with Gasteiger partial charge in [0.2, 0.25) is 0 Å². The van der Waals surface area contributed by atoms with Crippen molar-refractivity contribution in [1.82, 2.24) is 15.1 Å². The van der Waals surface area contributed by atoms with E-state index in [4.69, 9.17) is 4.99 Å². The Labute approximate surface area is 130 Å². The van der Waals surface area contributed by atoms with Crippen molar-refractivity contribution in [2.75, 3.05) is 45.8 Å². The maximum Gasteiger partial charge on any atom is 0.193 e. The lowest BCUT2D eigenvalue weighted by molar-refractivity contribution is 0.151. The summed E-state index contributed by atoms with van der Waals surface area (Å²) in [6, 6.07) is 0. The van der Waals surface area contributed by atoms with Gasteiger partial charge in [-0.05, 0) is 57.0 Å². The largest absolute Gasteiger partial charge is 0.357 e. The maximum atomic E-state index is 4.97. The average Bonchev–Trinajstić information content (AvgIpc) is 3.09. The van der Waals surface area contributed by atoms with Crippen LogP contribution in [0.25, 0.3) is 0 Å². The summed E-state index contributed by atoms with van der Waals surface area (Å²) in [5, 5.41) is 3.52. The van der Waals surface area contributed by atoms with Gasteiger partial charge in [0.1, 0.15) is 0 Å². The summed E-state index contributed by atoms with van der Waals surface area (Å²) < 4.78 is 0. The Hall–Kier alpha value is -0.770. The molecule has 1 unspecified atom stereocenters. The highest BCUT2D eigenvalue weighted by Gasteiger charge is 2.43. The summed E-state index contributed by atoms with van der Waals surface area (Å²) in [5.41, 5.74) is 0.655. The molecule has 0 aromatic heterocycles. The van der Waals surface area contributed by atoms with E-state index in [1.54, 1.807) is 0 Å². The van der Waals surface area contributed by atoms with Crippen molar-refractivity contribution in [2.24, 2.45) is 16.3 Å². The number of guanidine groups is 1. The predicted octanol–water partition coefficient (Wildman–Crippen LogP) is 2.17. The number of aliphatic imine (C=N–C) groups is 1. The molecule has 3 aliphatic rings. The first-order valence-corrected chi connectivity index (χ1v) is 9.00. The highest BCUT2D eigenvalue weighted by Crippen LogP contribution is 2.47. The highest BCUT2D eigenvalue weighted by molar-refractivity contribution is 5.80. The third-order valence-electron chi connectivity index (χ3n) is 5.80. The summed E-state index contributed by atoms with van der Waals surface area (Å²) in [7, 11) is 0. The molecule has 3 fully saturated rings. The van der Waals surface area contributed by atoms with Crippen LogP contribution in [0.5, 0.6) is 0 Å². The second-order valence-corrected chi connectivity index (χ2v) is 7.27. The fraction of sp³-hybridized carbons (Fsp3) is 0.941. The van der Waals surface area contributed by atoms with Crippen LogP contribution in [0.15, 0.2) is 4.99 Å². The van der Waals surface area contributed by atoms with Gasteiger partial charge in [-0.2, -0.15) is 0 Å². The number of nitrogens with one attached hydrogen (secondary N) is 1. The van der Waals surface area contributed by atoms with Gasteiger partial charge in [-0.3, -0.25) is 4.99 Å². The second-order valence-electron chi connectivity index (χ2n) is 7.27. The van der Waals surface area contributed by atoms with Crippen molar-refractivity contribution in [1.29, 1.82) is 0 Å². The van der Waals surface area contributed by atoms with E-state index in [0.29, 0.717) is 5.41 Å². The van der Waals surface area contributed by atoms with Crippen LogP contribution in [0.1, 0.15) is 46.0 Å². The van der Waals surface area contributed by atoms with Crippen LogP contribution in [-0.2, 0) is 0 Å². The van der Waals surface area contributed by atoms with E-state index in [-0.39, 0.29) is 0 Å². The normalized spacial score (nSPS) is 29.1. The number of rotatable bonds is 4. The minimum Gasteiger partial charge on any atom is -0.357 e. The van der Waals surface area contributed by atoms with Crippen LogP contribution in [0.3, 0.4) is 0 Å². The number of likely N-dealkylation sites (tertiary alicyclic amines) is 2. The van der Waals surface area contributed by atoms with Gasteiger partial charge in [0.15, 0.2) is 5.96 Å². The molecule has 21 heavy (non-hydrogen) atoms. The number of hydrogen-bond acceptors (Lipinski definition) is 2. The first kappa shape index (κ1) is 15.1. The standard InChI is InChI=1S/C17H32N4/c1-3-18-16(19-12-15-6-10-20(4-2)13-15)21-11-9-17(14-21)7-5-8-17/h15H,3-14H2,1-2H3,(H,18,19). The molecule has 0 aromatic rings. The molecule has 0 radical (unpaired) electrons. The summed E-state index contributed by atoms with van der Waals surface area (Å²) in [4.78, 5) is 10.0. The lowest BCUT2D eigenvalue weighted by Gasteiger charge is -2.38. The Bertz CT molecular complexity index is 375. The van der Waals surface area contributed by atoms with Crippen molar-refractivity contribution in [2.45, 2.75) is 46.0 Å². The number of hydrogen-bond donors (Lipinski definition) is 1. The van der Waals surface area contributed by atoms with Gasteiger partial charge in [0.25, 0.3) is 0 Å². The van der Waals surface area contributed by atoms with Gasteiger partial charge in [-0.15, -0.1) is 0 Å². The molecule has 0 bridgehead atoms. The van der Waals surface area contributed by atoms with Crippen molar-refractivity contribution < 1.29 is 0 Å². The Morgan fingerprint density at radius 2 is 2.10 bits per heavy atom. The lowest BCUT2D eigenvalue weighted by Crippen LogP contribution is -2.42. The van der Waals surface area contributed by atoms with Crippen LogP contribution in [-0.4, -0.2) is 61.6 Å². The van der Waals surface area contributed by atoms with Gasteiger partial charge >= 0.3 is 0 Å². The molecule has 1 N–H and O–H groups in total. The fourth-order valence-corrected chi connectivity index (χ4v) is 4.19. The third-order valence-corrected chi connectivity index (χ3v) is 5.80. The Morgan fingerprint density at radius 3 is 2.67 bits per heavy atom. The molecule has 2 saturated heterocycles. The Balaban J connectivity index is 1.55. The third kappa shape index (κ3) is 3.36. The average molecular weight is 292 g/mol. The zero-order valence-corrected chi connectivity index (χ0v) is 13.9. The highest BCUT2D eigenvalue weighted by atomic mass is 15.3. The molecule has 1 aliphatic carbocycles. The number of nitrogens with zero attached hydrogens (tertiary/aromatic N) is 3. The summed E-state index contributed by atoms with van der Waals surface area (Å²) in [6.07, 6.45) is 7.02. The smallest absolute Gasteiger partial charge is 0.193 e. The predicted molar refractivity (Wildman–Crippen MR) is 88.7 cm³/mol. The molecule has 2 heterocycles. The summed E-state index contributed by atoms with van der Waals surface area (Å²) in [6.45, 7) is 12.6. The fourth-order valence-electron chi connectivity index (χ4n) is 4.19. The van der Waals surface area contributed by atoms with E-state index in [0.717, 1.165) is 19.0 Å². The quantitative estimate of drug-likeness (QED) is 0.636. The van der Waals surface area contributed by atoms with Crippen molar-refractivity contribution in [3.8, 4) is 0 Å². The van der Waals surface area contributed by atoms with E-state index in [1.807, 2.05) is 0 Å². The van der Waals surface area contributed by atoms with Gasteiger partial charge < -0.3 is 15.1 Å². The SMILES string of the molecule is CCNC(=NCC1CCN(CC)C1)N1CCC2(CCC2)C1. The van der Waals surface area contributed by atoms with Crippen LogP contribution in [0.2, 0.25) is 0 Å². The maximum absolute atomic E-state index is 4.97. The minimum atomic E-state index is 0.655. The molecule has 1 saturated carbocycles. The van der Waals surface area contributed by atoms with E-state index in [2.05, 4.69) is 29.0 Å². The second kappa shape index (κ2) is 6.55. The lowest BCUT2D eigenvalue weighted by atomic mass is 9.68. The molecule has 0 aromatic carbocycles. The van der Waals surface area contributed by atoms with Crippen molar-refractivity contribution >= 4 is 5.96 Å². The van der Waals surface area contributed by atoms with E-state index < -0.39 is 0 Å². The van der Waals surface area contributed by atoms with Gasteiger partial charge in [-0.1, -0.05) is 13.3 Å². The Kier molecular flexibility index (Phi) is 4.72. The van der Waals surface area contributed by atoms with Crippen LogP contribution in [0, 0.1) is 11.3 Å². The van der Waals surface area contributed by atoms with E-state index in [1.165, 1.54) is 70.8 Å². The van der Waals surface area contributed by atoms with Crippen molar-refractivity contribution in [3.63, 3.8) is 0 Å². The topological polar surface area (TPSA) is 30.9 Å². The van der Waals surface area contributed by atoms with E-state index in [9.17, 15) is 0 Å². The molecule has 1 spiro atoms. The molecule has 3 rings (SSSR count). The Morgan fingerprint density at radius 1 is 1.24 bits per heavy atom. The monoisotopic (exact) mass is 292 g/mol. The van der Waals surface area contributed by atoms with E-state index >= 15 is 0 Å². The van der Waals surface area contributed by atoms with Crippen LogP contribution < -0.4 is 5.32 Å². The van der Waals surface area contributed by atoms with Crippen LogP contribution in [0.4, 0.5) is 0 Å². The molecule has 1 atom stereocenters. The van der Waals surface area contributed by atoms with Crippen LogP contribution >= 0.6 is 0 Å². The van der Waals surface area contributed by atoms with Gasteiger partial charge in [0, 0.05) is 32.7 Å². The first-order chi connectivity index (χ1) is 10.2. The first-order valence-electron chi connectivity index (χ1n) is 9.00. The zero-order chi connectivity index (χ0) is 14.7. The molecule has 4 heteroatoms.